The summed E-state index contributed by atoms with van der Waals surface area (Å²) in [4.78, 5) is 10.3. The molecule has 6 nitrogen and oxygen atoms in total. The molecule has 0 aliphatic heterocycles. The highest BCUT2D eigenvalue weighted by Gasteiger charge is 2.20. The molecule has 7 heteroatoms. The predicted octanol–water partition coefficient (Wildman–Crippen LogP) is 0.824. The van der Waals surface area contributed by atoms with Crippen LogP contribution in [0, 0.1) is 6.92 Å². The maximum atomic E-state index is 11.7. The van der Waals surface area contributed by atoms with Gasteiger partial charge in [-0.3, -0.25) is 4.79 Å². The molecule has 0 spiro atoms. The zero-order valence-electron chi connectivity index (χ0n) is 9.71. The van der Waals surface area contributed by atoms with Gasteiger partial charge in [0.1, 0.15) is 11.5 Å². The van der Waals surface area contributed by atoms with Gasteiger partial charge in [0.25, 0.3) is 0 Å². The fourth-order valence-corrected chi connectivity index (χ4v) is 2.33. The van der Waals surface area contributed by atoms with Crippen LogP contribution in [0.3, 0.4) is 0 Å². The molecular formula is C10H15NO5S. The second-order valence-electron chi connectivity index (χ2n) is 3.73. The number of hydrogen-bond donors (Lipinski definition) is 1. The average Bonchev–Trinajstić information content (AvgIpc) is 2.61. The first-order chi connectivity index (χ1) is 7.81. The molecular weight excluding hydrogens is 246 g/mol. The third-order valence-electron chi connectivity index (χ3n) is 2.22. The number of carboxylic acids is 1. The topological polar surface area (TPSA) is 87.8 Å². The van der Waals surface area contributed by atoms with Crippen LogP contribution in [0.4, 0.5) is 0 Å². The Hall–Kier alpha value is -1.34. The van der Waals surface area contributed by atoms with Gasteiger partial charge in [-0.2, -0.15) is 4.31 Å². The summed E-state index contributed by atoms with van der Waals surface area (Å²) in [5.41, 5.74) is 0. The fourth-order valence-electron chi connectivity index (χ4n) is 1.26. The number of carbonyl (C=O) groups is 1. The van der Waals surface area contributed by atoms with Gasteiger partial charge in [-0.05, 0) is 19.1 Å². The zero-order valence-corrected chi connectivity index (χ0v) is 10.5. The van der Waals surface area contributed by atoms with Gasteiger partial charge in [-0.15, -0.1) is 0 Å². The maximum absolute atomic E-state index is 11.7. The van der Waals surface area contributed by atoms with E-state index in [9.17, 15) is 13.2 Å². The first-order valence-corrected chi connectivity index (χ1v) is 6.63. The Morgan fingerprint density at radius 2 is 2.12 bits per heavy atom. The highest BCUT2D eigenvalue weighted by Crippen LogP contribution is 2.11. The van der Waals surface area contributed by atoms with E-state index in [0.717, 1.165) is 4.31 Å². The van der Waals surface area contributed by atoms with Crippen molar-refractivity contribution >= 4 is 16.0 Å². The van der Waals surface area contributed by atoms with Crippen molar-refractivity contribution in [1.82, 2.24) is 4.31 Å². The number of hydrogen-bond acceptors (Lipinski definition) is 4. The standard InChI is InChI=1S/C10H15NO5S/c1-8-3-4-9(16-8)7-11(2)17(14,15)6-5-10(12)13/h3-4H,5-7H2,1-2H3,(H,12,13). The summed E-state index contributed by atoms with van der Waals surface area (Å²) in [7, 11) is -2.15. The van der Waals surface area contributed by atoms with Crippen molar-refractivity contribution in [1.29, 1.82) is 0 Å². The molecule has 0 aliphatic rings. The van der Waals surface area contributed by atoms with E-state index in [4.69, 9.17) is 9.52 Å². The number of nitrogens with zero attached hydrogens (tertiary/aromatic N) is 1. The van der Waals surface area contributed by atoms with E-state index in [0.29, 0.717) is 11.5 Å². The van der Waals surface area contributed by atoms with Crippen LogP contribution in [0.2, 0.25) is 0 Å². The van der Waals surface area contributed by atoms with Crippen LogP contribution in [0.15, 0.2) is 16.5 Å². The van der Waals surface area contributed by atoms with E-state index in [1.165, 1.54) is 7.05 Å². The van der Waals surface area contributed by atoms with Crippen LogP contribution >= 0.6 is 0 Å². The van der Waals surface area contributed by atoms with Crippen LogP contribution in [0.5, 0.6) is 0 Å². The molecule has 0 fully saturated rings. The van der Waals surface area contributed by atoms with Crippen molar-refractivity contribution in [3.63, 3.8) is 0 Å². The molecule has 1 aromatic heterocycles. The number of aliphatic carboxylic acids is 1. The summed E-state index contributed by atoms with van der Waals surface area (Å²) < 4.78 is 29.7. The van der Waals surface area contributed by atoms with Crippen molar-refractivity contribution in [2.45, 2.75) is 19.9 Å². The minimum absolute atomic E-state index is 0.107. The number of rotatable bonds is 6. The maximum Gasteiger partial charge on any atom is 0.304 e. The van der Waals surface area contributed by atoms with Crippen LogP contribution in [0.25, 0.3) is 0 Å². The van der Waals surface area contributed by atoms with Crippen molar-refractivity contribution < 1.29 is 22.7 Å². The summed E-state index contributed by atoms with van der Waals surface area (Å²) in [6.45, 7) is 1.87. The molecule has 0 saturated heterocycles. The summed E-state index contributed by atoms with van der Waals surface area (Å²) in [6.07, 6.45) is -0.399. The van der Waals surface area contributed by atoms with E-state index < -0.39 is 28.2 Å². The highest BCUT2D eigenvalue weighted by molar-refractivity contribution is 7.89. The van der Waals surface area contributed by atoms with Crippen LogP contribution in [-0.2, 0) is 21.4 Å². The lowest BCUT2D eigenvalue weighted by molar-refractivity contribution is -0.136. The summed E-state index contributed by atoms with van der Waals surface area (Å²) in [5.74, 6) is -0.297. The third kappa shape index (κ3) is 4.20. The van der Waals surface area contributed by atoms with Crippen molar-refractivity contribution in [2.24, 2.45) is 0 Å². The Labute approximate surface area is 99.9 Å². The number of carboxylic acid groups (broad SMARTS) is 1. The summed E-state index contributed by atoms with van der Waals surface area (Å²) >= 11 is 0. The van der Waals surface area contributed by atoms with Gasteiger partial charge in [0.15, 0.2) is 0 Å². The molecule has 0 aromatic carbocycles. The molecule has 0 aliphatic carbocycles. The van der Waals surface area contributed by atoms with Gasteiger partial charge in [0, 0.05) is 7.05 Å². The number of sulfonamides is 1. The van der Waals surface area contributed by atoms with Gasteiger partial charge in [-0.25, -0.2) is 8.42 Å². The predicted molar refractivity (Wildman–Crippen MR) is 61.0 cm³/mol. The molecule has 1 N–H and O–H groups in total. The molecule has 96 valence electrons. The molecule has 0 bridgehead atoms. The molecule has 0 radical (unpaired) electrons. The van der Waals surface area contributed by atoms with E-state index in [-0.39, 0.29) is 6.54 Å². The Morgan fingerprint density at radius 3 is 2.59 bits per heavy atom. The van der Waals surface area contributed by atoms with Gasteiger partial charge < -0.3 is 9.52 Å². The SMILES string of the molecule is Cc1ccc(CN(C)S(=O)(=O)CCC(=O)O)o1. The molecule has 0 amide bonds. The third-order valence-corrected chi connectivity index (χ3v) is 4.02. The normalized spacial score (nSPS) is 11.9. The quantitative estimate of drug-likeness (QED) is 0.819. The molecule has 0 atom stereocenters. The number of furan rings is 1. The van der Waals surface area contributed by atoms with E-state index in [2.05, 4.69) is 0 Å². The molecule has 17 heavy (non-hydrogen) atoms. The van der Waals surface area contributed by atoms with Crippen LogP contribution < -0.4 is 0 Å². The molecule has 0 unspecified atom stereocenters. The molecule has 1 rings (SSSR count). The van der Waals surface area contributed by atoms with Crippen LogP contribution in [0.1, 0.15) is 17.9 Å². The van der Waals surface area contributed by atoms with Crippen LogP contribution in [-0.4, -0.2) is 36.6 Å². The fraction of sp³-hybridized carbons (Fsp3) is 0.500. The average molecular weight is 261 g/mol. The summed E-state index contributed by atoms with van der Waals surface area (Å²) in [5, 5.41) is 8.45. The first-order valence-electron chi connectivity index (χ1n) is 5.02. The van der Waals surface area contributed by atoms with Crippen molar-refractivity contribution in [2.75, 3.05) is 12.8 Å². The lowest BCUT2D eigenvalue weighted by Gasteiger charge is -2.14. The Kier molecular flexibility index (Phi) is 4.30. The van der Waals surface area contributed by atoms with Crippen molar-refractivity contribution in [3.05, 3.63) is 23.7 Å². The lowest BCUT2D eigenvalue weighted by Crippen LogP contribution is -2.29. The summed E-state index contributed by atoms with van der Waals surface area (Å²) in [6, 6.07) is 3.44. The monoisotopic (exact) mass is 261 g/mol. The lowest BCUT2D eigenvalue weighted by atomic mass is 10.4. The minimum atomic E-state index is -3.55. The van der Waals surface area contributed by atoms with Gasteiger partial charge >= 0.3 is 5.97 Å². The van der Waals surface area contributed by atoms with E-state index in [1.807, 2.05) is 0 Å². The smallest absolute Gasteiger partial charge is 0.304 e. The first kappa shape index (κ1) is 13.7. The van der Waals surface area contributed by atoms with E-state index >= 15 is 0 Å². The molecule has 1 aromatic rings. The minimum Gasteiger partial charge on any atom is -0.481 e. The highest BCUT2D eigenvalue weighted by atomic mass is 32.2. The van der Waals surface area contributed by atoms with Gasteiger partial charge in [0.05, 0.1) is 18.7 Å². The Balaban J connectivity index is 2.62. The second-order valence-corrected chi connectivity index (χ2v) is 5.92. The van der Waals surface area contributed by atoms with E-state index in [1.54, 1.807) is 19.1 Å². The Bertz CT molecular complexity index is 491. The Morgan fingerprint density at radius 1 is 1.47 bits per heavy atom. The van der Waals surface area contributed by atoms with Crippen molar-refractivity contribution in [3.8, 4) is 0 Å². The number of aryl methyl sites for hydroxylation is 1. The zero-order chi connectivity index (χ0) is 13.1. The van der Waals surface area contributed by atoms with Gasteiger partial charge in [-0.1, -0.05) is 0 Å². The molecule has 1 heterocycles. The van der Waals surface area contributed by atoms with Gasteiger partial charge in [0.2, 0.25) is 10.0 Å². The molecule has 0 saturated carbocycles. The largest absolute Gasteiger partial charge is 0.481 e. The second kappa shape index (κ2) is 5.33.